The first-order chi connectivity index (χ1) is 16.1. The molecule has 3 aromatic carbocycles. The van der Waals surface area contributed by atoms with Gasteiger partial charge in [-0.2, -0.15) is 0 Å². The highest BCUT2D eigenvalue weighted by Crippen LogP contribution is 2.30. The molecule has 2 N–H and O–H groups in total. The number of aromatic nitrogens is 2. The molecule has 0 bridgehead atoms. The average Bonchev–Trinajstić information content (AvgIpc) is 3.33. The number of ether oxygens (including phenoxy) is 2. The maximum absolute atomic E-state index is 12.8. The summed E-state index contributed by atoms with van der Waals surface area (Å²) in [6, 6.07) is 20.4. The van der Waals surface area contributed by atoms with Crippen molar-refractivity contribution in [3.63, 3.8) is 0 Å². The van der Waals surface area contributed by atoms with E-state index in [0.717, 1.165) is 11.1 Å². The van der Waals surface area contributed by atoms with Gasteiger partial charge in [0.05, 0.1) is 14.2 Å². The first kappa shape index (κ1) is 22.2. The number of hydrogen-bond acceptors (Lipinski definition) is 6. The van der Waals surface area contributed by atoms with Crippen LogP contribution in [0.4, 0.5) is 10.5 Å². The van der Waals surface area contributed by atoms with Gasteiger partial charge in [0.25, 0.3) is 0 Å². The Bertz CT molecular complexity index is 1230. The van der Waals surface area contributed by atoms with Crippen molar-refractivity contribution in [1.29, 1.82) is 0 Å². The minimum Gasteiger partial charge on any atom is -0.493 e. The van der Waals surface area contributed by atoms with Gasteiger partial charge in [0.1, 0.15) is 6.04 Å². The third kappa shape index (κ3) is 5.24. The molecule has 1 atom stereocenters. The van der Waals surface area contributed by atoms with E-state index in [9.17, 15) is 4.79 Å². The lowest BCUT2D eigenvalue weighted by atomic mass is 10.1. The van der Waals surface area contributed by atoms with E-state index in [2.05, 4.69) is 20.8 Å². The molecule has 0 aliphatic heterocycles. The number of methoxy groups -OCH3 is 2. The van der Waals surface area contributed by atoms with Gasteiger partial charge in [-0.15, -0.1) is 10.2 Å². The fourth-order valence-electron chi connectivity index (χ4n) is 3.21. The molecule has 4 rings (SSSR count). The number of rotatable bonds is 7. The number of nitrogens with zero attached hydrogens (tertiary/aromatic N) is 2. The summed E-state index contributed by atoms with van der Waals surface area (Å²) in [4.78, 5) is 12.8. The smallest absolute Gasteiger partial charge is 0.320 e. The number of anilines is 1. The van der Waals surface area contributed by atoms with Gasteiger partial charge in [-0.3, -0.25) is 0 Å². The Morgan fingerprint density at radius 3 is 2.36 bits per heavy atom. The van der Waals surface area contributed by atoms with E-state index >= 15 is 0 Å². The van der Waals surface area contributed by atoms with Crippen LogP contribution in [0, 0.1) is 0 Å². The summed E-state index contributed by atoms with van der Waals surface area (Å²) in [5.41, 5.74) is 2.04. The molecule has 0 saturated heterocycles. The Morgan fingerprint density at radius 2 is 1.67 bits per heavy atom. The quantitative estimate of drug-likeness (QED) is 0.384. The van der Waals surface area contributed by atoms with Crippen LogP contribution in [0.5, 0.6) is 11.5 Å². The number of carbonyl (C=O) groups excluding carboxylic acids is 1. The Balaban J connectivity index is 1.57. The molecule has 0 unspecified atom stereocenters. The van der Waals surface area contributed by atoms with Gasteiger partial charge in [0.15, 0.2) is 11.5 Å². The molecule has 8 nitrogen and oxygen atoms in total. The predicted molar refractivity (Wildman–Crippen MR) is 125 cm³/mol. The van der Waals surface area contributed by atoms with Crippen LogP contribution in [0.2, 0.25) is 5.02 Å². The Labute approximate surface area is 195 Å². The standard InChI is InChI=1S/C24H21ClN4O4/c1-31-19-13-12-18(14-20(19)32-2)26-24(30)27-21(15-6-4-3-5-7-15)23-29-28-22(33-23)16-8-10-17(25)11-9-16/h3-14,21H,1-2H3,(H2,26,27,30)/t21-/m1/s1. The largest absolute Gasteiger partial charge is 0.493 e. The molecule has 4 aromatic rings. The van der Waals surface area contributed by atoms with E-state index in [4.69, 9.17) is 25.5 Å². The maximum atomic E-state index is 12.8. The third-order valence-electron chi connectivity index (χ3n) is 4.83. The topological polar surface area (TPSA) is 98.5 Å². The number of carbonyl (C=O) groups is 1. The lowest BCUT2D eigenvalue weighted by Crippen LogP contribution is -2.33. The fraction of sp³-hybridized carbons (Fsp3) is 0.125. The molecule has 1 heterocycles. The number of nitrogens with one attached hydrogen (secondary N) is 2. The molecule has 2 amide bonds. The van der Waals surface area contributed by atoms with Crippen LogP contribution in [0.15, 0.2) is 77.2 Å². The first-order valence-corrected chi connectivity index (χ1v) is 10.4. The summed E-state index contributed by atoms with van der Waals surface area (Å²) in [5.74, 6) is 1.63. The van der Waals surface area contributed by atoms with Crippen molar-refractivity contribution in [2.45, 2.75) is 6.04 Å². The van der Waals surface area contributed by atoms with E-state index in [1.807, 2.05) is 30.3 Å². The molecule has 0 aliphatic rings. The second-order valence-corrected chi connectivity index (χ2v) is 7.40. The fourth-order valence-corrected chi connectivity index (χ4v) is 3.33. The van der Waals surface area contributed by atoms with Crippen molar-refractivity contribution < 1.29 is 18.7 Å². The van der Waals surface area contributed by atoms with Crippen LogP contribution in [-0.2, 0) is 0 Å². The van der Waals surface area contributed by atoms with Crippen LogP contribution in [0.1, 0.15) is 17.5 Å². The van der Waals surface area contributed by atoms with Gasteiger partial charge < -0.3 is 24.5 Å². The first-order valence-electron chi connectivity index (χ1n) is 10.0. The van der Waals surface area contributed by atoms with E-state index in [0.29, 0.717) is 28.1 Å². The zero-order valence-electron chi connectivity index (χ0n) is 17.9. The van der Waals surface area contributed by atoms with Crippen molar-refractivity contribution >= 4 is 23.3 Å². The molecular weight excluding hydrogens is 444 g/mol. The molecule has 0 aliphatic carbocycles. The summed E-state index contributed by atoms with van der Waals surface area (Å²) in [7, 11) is 3.08. The van der Waals surface area contributed by atoms with Crippen LogP contribution in [0.3, 0.4) is 0 Å². The molecule has 0 fully saturated rings. The SMILES string of the molecule is COc1ccc(NC(=O)N[C@H](c2ccccc2)c2nnc(-c3ccc(Cl)cc3)o2)cc1OC. The number of benzene rings is 3. The highest BCUT2D eigenvalue weighted by Gasteiger charge is 2.23. The molecule has 0 spiro atoms. The summed E-state index contributed by atoms with van der Waals surface area (Å²) >= 11 is 5.96. The van der Waals surface area contributed by atoms with Crippen molar-refractivity contribution in [2.24, 2.45) is 0 Å². The van der Waals surface area contributed by atoms with Crippen molar-refractivity contribution in [3.05, 3.63) is 89.3 Å². The number of halogens is 1. The Hall–Kier alpha value is -4.04. The van der Waals surface area contributed by atoms with Gasteiger partial charge in [0, 0.05) is 22.3 Å². The molecular formula is C24H21ClN4O4. The average molecular weight is 465 g/mol. The van der Waals surface area contributed by atoms with Crippen LogP contribution in [0.25, 0.3) is 11.5 Å². The summed E-state index contributed by atoms with van der Waals surface area (Å²) in [5, 5.41) is 14.6. The third-order valence-corrected chi connectivity index (χ3v) is 5.08. The van der Waals surface area contributed by atoms with Gasteiger partial charge >= 0.3 is 6.03 Å². The van der Waals surface area contributed by atoms with E-state index in [1.165, 1.54) is 7.11 Å². The monoisotopic (exact) mass is 464 g/mol. The lowest BCUT2D eigenvalue weighted by molar-refractivity contribution is 0.248. The molecule has 0 radical (unpaired) electrons. The highest BCUT2D eigenvalue weighted by molar-refractivity contribution is 6.30. The zero-order valence-corrected chi connectivity index (χ0v) is 18.7. The Morgan fingerprint density at radius 1 is 0.939 bits per heavy atom. The van der Waals surface area contributed by atoms with Gasteiger partial charge in [-0.25, -0.2) is 4.79 Å². The zero-order chi connectivity index (χ0) is 23.2. The number of urea groups is 1. The van der Waals surface area contributed by atoms with E-state index in [-0.39, 0.29) is 5.89 Å². The molecule has 0 saturated carbocycles. The lowest BCUT2D eigenvalue weighted by Gasteiger charge is -2.17. The van der Waals surface area contributed by atoms with Gasteiger partial charge in [-0.05, 0) is 42.0 Å². The van der Waals surface area contributed by atoms with E-state index in [1.54, 1.807) is 49.6 Å². The summed E-state index contributed by atoms with van der Waals surface area (Å²) < 4.78 is 16.4. The normalized spacial score (nSPS) is 11.5. The molecule has 168 valence electrons. The minimum atomic E-state index is -0.667. The van der Waals surface area contributed by atoms with Crippen molar-refractivity contribution in [1.82, 2.24) is 15.5 Å². The second kappa shape index (κ2) is 10.1. The predicted octanol–water partition coefficient (Wildman–Crippen LogP) is 5.32. The molecule has 1 aromatic heterocycles. The van der Waals surface area contributed by atoms with Gasteiger partial charge in [-0.1, -0.05) is 41.9 Å². The molecule has 33 heavy (non-hydrogen) atoms. The number of hydrogen-bond donors (Lipinski definition) is 2. The summed E-state index contributed by atoms with van der Waals surface area (Å²) in [6.45, 7) is 0. The van der Waals surface area contributed by atoms with Crippen molar-refractivity contribution in [2.75, 3.05) is 19.5 Å². The maximum Gasteiger partial charge on any atom is 0.320 e. The van der Waals surface area contributed by atoms with Crippen LogP contribution < -0.4 is 20.1 Å². The summed E-state index contributed by atoms with van der Waals surface area (Å²) in [6.07, 6.45) is 0. The van der Waals surface area contributed by atoms with Crippen LogP contribution in [-0.4, -0.2) is 30.4 Å². The van der Waals surface area contributed by atoms with Crippen molar-refractivity contribution in [3.8, 4) is 23.0 Å². The minimum absolute atomic E-state index is 0.244. The Kier molecular flexibility index (Phi) is 6.75. The van der Waals surface area contributed by atoms with Crippen LogP contribution >= 0.6 is 11.6 Å². The van der Waals surface area contributed by atoms with Gasteiger partial charge in [0.2, 0.25) is 11.8 Å². The molecule has 9 heteroatoms. The van der Waals surface area contributed by atoms with E-state index < -0.39 is 12.1 Å². The second-order valence-electron chi connectivity index (χ2n) is 6.96. The number of amides is 2. The highest BCUT2D eigenvalue weighted by atomic mass is 35.5.